The van der Waals surface area contributed by atoms with Crippen molar-refractivity contribution in [3.63, 3.8) is 0 Å². The van der Waals surface area contributed by atoms with Crippen molar-refractivity contribution in [2.45, 2.75) is 0 Å². The van der Waals surface area contributed by atoms with Crippen molar-refractivity contribution in [1.82, 2.24) is 29.9 Å². The van der Waals surface area contributed by atoms with Crippen LogP contribution in [0.15, 0.2) is 146 Å². The fourth-order valence-electron chi connectivity index (χ4n) is 3.09. The van der Waals surface area contributed by atoms with E-state index in [1.165, 1.54) is 0 Å². The zero-order chi connectivity index (χ0) is 24.7. The normalized spacial score (nSPS) is 9.41. The smallest absolute Gasteiger partial charge is 0.255 e. The van der Waals surface area contributed by atoms with Crippen molar-refractivity contribution in [1.29, 1.82) is 0 Å². The molecule has 6 heterocycles. The van der Waals surface area contributed by atoms with Gasteiger partial charge in [0.1, 0.15) is 0 Å². The van der Waals surface area contributed by atoms with E-state index in [0.29, 0.717) is 0 Å². The summed E-state index contributed by atoms with van der Waals surface area (Å²) in [6, 6.07) is 34.8. The third kappa shape index (κ3) is 9.33. The van der Waals surface area contributed by atoms with E-state index in [1.807, 2.05) is 109 Å². The van der Waals surface area contributed by atoms with Crippen LogP contribution in [0.2, 0.25) is 0 Å². The molecule has 0 unspecified atom stereocenters. The molecule has 37 heavy (non-hydrogen) atoms. The van der Waals surface area contributed by atoms with Crippen LogP contribution < -0.4 is 0 Å². The first kappa shape index (κ1) is 27.8. The first-order valence-electron chi connectivity index (χ1n) is 11.4. The molecule has 7 heteroatoms. The molecule has 0 fully saturated rings. The zero-order valence-electron chi connectivity index (χ0n) is 20.0. The maximum atomic E-state index is 4.19. The Morgan fingerprint density at radius 2 is 0.405 bits per heavy atom. The van der Waals surface area contributed by atoms with Crippen LogP contribution in [-0.4, -0.2) is 29.9 Å². The quantitative estimate of drug-likeness (QED) is 0.229. The van der Waals surface area contributed by atoms with Crippen molar-refractivity contribution >= 4 is 0 Å². The third-order valence-corrected chi connectivity index (χ3v) is 4.78. The maximum Gasteiger partial charge on any atom is 3.00 e. The number of pyridine rings is 6. The van der Waals surface area contributed by atoms with Gasteiger partial charge >= 0.3 is 40.8 Å². The molecule has 0 aliphatic heterocycles. The van der Waals surface area contributed by atoms with E-state index in [1.54, 1.807) is 37.2 Å². The van der Waals surface area contributed by atoms with Gasteiger partial charge in [0.15, 0.2) is 0 Å². The van der Waals surface area contributed by atoms with Crippen LogP contribution in [0.4, 0.5) is 0 Å². The molecule has 0 bridgehead atoms. The Labute approximate surface area is 249 Å². The monoisotopic (exact) mass is 610 g/mol. The van der Waals surface area contributed by atoms with Gasteiger partial charge in [0.2, 0.25) is 0 Å². The second-order valence-corrected chi connectivity index (χ2v) is 7.29. The van der Waals surface area contributed by atoms with Gasteiger partial charge in [-0.3, -0.25) is 29.9 Å². The Morgan fingerprint density at radius 1 is 0.243 bits per heavy atom. The Bertz CT molecular complexity index is 1100. The fourth-order valence-corrected chi connectivity index (χ4v) is 3.09. The van der Waals surface area contributed by atoms with E-state index in [-0.39, 0.29) is 40.8 Å². The predicted molar refractivity (Wildman–Crippen MR) is 142 cm³/mol. The van der Waals surface area contributed by atoms with Gasteiger partial charge in [0.05, 0.1) is 34.2 Å². The number of rotatable bonds is 3. The summed E-state index contributed by atoms with van der Waals surface area (Å²) in [6.45, 7) is 0. The van der Waals surface area contributed by atoms with Crippen molar-refractivity contribution in [2.75, 3.05) is 0 Å². The summed E-state index contributed by atoms with van der Waals surface area (Å²) in [6.07, 6.45) is 10.6. The molecule has 6 rings (SSSR count). The summed E-state index contributed by atoms with van der Waals surface area (Å²) in [5, 5.41) is 0. The van der Waals surface area contributed by atoms with E-state index >= 15 is 0 Å². The van der Waals surface area contributed by atoms with Crippen molar-refractivity contribution in [2.24, 2.45) is 0 Å². The van der Waals surface area contributed by atoms with Crippen LogP contribution in [0.1, 0.15) is 0 Å². The number of nitrogens with zero attached hydrogens (tertiary/aromatic N) is 6. The second kappa shape index (κ2) is 16.1. The molecule has 0 aliphatic carbocycles. The molecule has 0 atom stereocenters. The molecule has 0 aromatic carbocycles. The van der Waals surface area contributed by atoms with E-state index in [4.69, 9.17) is 0 Å². The third-order valence-electron chi connectivity index (χ3n) is 4.78. The Balaban J connectivity index is 0.000000152. The topological polar surface area (TPSA) is 77.3 Å². The van der Waals surface area contributed by atoms with E-state index in [0.717, 1.165) is 34.2 Å². The van der Waals surface area contributed by atoms with E-state index in [2.05, 4.69) is 29.9 Å². The molecule has 1 radical (unpaired) electrons. The van der Waals surface area contributed by atoms with Gasteiger partial charge in [-0.1, -0.05) is 36.4 Å². The summed E-state index contributed by atoms with van der Waals surface area (Å²) in [5.74, 6) is 0. The minimum atomic E-state index is 0. The first-order valence-corrected chi connectivity index (χ1v) is 11.4. The molecule has 0 spiro atoms. The van der Waals surface area contributed by atoms with Crippen molar-refractivity contribution < 1.29 is 40.8 Å². The van der Waals surface area contributed by atoms with Crippen molar-refractivity contribution in [3.05, 3.63) is 146 Å². The summed E-state index contributed by atoms with van der Waals surface area (Å²) < 4.78 is 0. The van der Waals surface area contributed by atoms with Crippen LogP contribution in [0.3, 0.4) is 0 Å². The maximum absolute atomic E-state index is 4.19. The van der Waals surface area contributed by atoms with Crippen LogP contribution >= 0.6 is 0 Å². The fraction of sp³-hybridized carbons (Fsp3) is 0. The molecular weight excluding hydrogens is 589 g/mol. The summed E-state index contributed by atoms with van der Waals surface area (Å²) >= 11 is 0. The first-order chi connectivity index (χ1) is 17.9. The summed E-state index contributed by atoms with van der Waals surface area (Å²) in [5.41, 5.74) is 5.49. The van der Waals surface area contributed by atoms with Crippen LogP contribution in [-0.2, 0) is 0 Å². The average molecular weight is 613 g/mol. The minimum Gasteiger partial charge on any atom is -0.255 e. The second-order valence-electron chi connectivity index (χ2n) is 7.29. The molecule has 6 aromatic rings. The average Bonchev–Trinajstić information content (AvgIpc) is 3.01. The molecular formula is C30H24N6Nd+3. The van der Waals surface area contributed by atoms with Crippen molar-refractivity contribution in [3.8, 4) is 34.2 Å². The van der Waals surface area contributed by atoms with Gasteiger partial charge in [0.25, 0.3) is 0 Å². The summed E-state index contributed by atoms with van der Waals surface area (Å²) in [7, 11) is 0. The molecule has 0 aliphatic rings. The van der Waals surface area contributed by atoms with Crippen LogP contribution in [0, 0.1) is 40.8 Å². The number of hydrogen-bond acceptors (Lipinski definition) is 6. The number of aromatic nitrogens is 6. The minimum absolute atomic E-state index is 0. The van der Waals surface area contributed by atoms with Gasteiger partial charge in [-0.15, -0.1) is 0 Å². The molecule has 6 aromatic heterocycles. The molecule has 0 saturated heterocycles. The molecule has 0 N–H and O–H groups in total. The standard InChI is InChI=1S/3C10H8N2.Nd/c3*1-3-7-11-9(5-1)10-6-2-4-8-12-10;/h3*1-8H;/q;;;+3. The predicted octanol–water partition coefficient (Wildman–Crippen LogP) is 6.43. The Morgan fingerprint density at radius 3 is 0.514 bits per heavy atom. The van der Waals surface area contributed by atoms with Gasteiger partial charge < -0.3 is 0 Å². The molecule has 6 nitrogen and oxygen atoms in total. The Hall–Kier alpha value is -3.75. The Kier molecular flexibility index (Phi) is 12.1. The van der Waals surface area contributed by atoms with Gasteiger partial charge in [-0.2, -0.15) is 0 Å². The largest absolute Gasteiger partial charge is 3.00 e. The van der Waals surface area contributed by atoms with E-state index < -0.39 is 0 Å². The molecule has 175 valence electrons. The van der Waals surface area contributed by atoms with Gasteiger partial charge in [-0.25, -0.2) is 0 Å². The zero-order valence-corrected chi connectivity index (χ0v) is 23.2. The number of hydrogen-bond donors (Lipinski definition) is 0. The summed E-state index contributed by atoms with van der Waals surface area (Å²) in [4.78, 5) is 25.1. The van der Waals surface area contributed by atoms with Crippen LogP contribution in [0.5, 0.6) is 0 Å². The van der Waals surface area contributed by atoms with Gasteiger partial charge in [0, 0.05) is 37.2 Å². The van der Waals surface area contributed by atoms with Crippen LogP contribution in [0.25, 0.3) is 34.2 Å². The molecule has 0 saturated carbocycles. The molecule has 0 amide bonds. The SMILES string of the molecule is [Nd+3].c1ccc(-c2ccccn2)nc1.c1ccc(-c2ccccn2)nc1.c1ccc(-c2ccccn2)nc1. The van der Waals surface area contributed by atoms with Gasteiger partial charge in [-0.05, 0) is 72.8 Å². The van der Waals surface area contributed by atoms with E-state index in [9.17, 15) is 0 Å².